The molecule has 0 unspecified atom stereocenters. The van der Waals surface area contributed by atoms with Gasteiger partial charge < -0.3 is 23.8 Å². The molecule has 7 nitrogen and oxygen atoms in total. The van der Waals surface area contributed by atoms with Gasteiger partial charge in [-0.1, -0.05) is 15.9 Å². The predicted octanol–water partition coefficient (Wildman–Crippen LogP) is 5.07. The molecule has 3 aromatic carbocycles. The number of nitrogens with zero attached hydrogens (tertiary/aromatic N) is 1. The van der Waals surface area contributed by atoms with Crippen LogP contribution in [0, 0.1) is 0 Å². The van der Waals surface area contributed by atoms with Gasteiger partial charge in [-0.15, -0.1) is 0 Å². The van der Waals surface area contributed by atoms with E-state index in [1.807, 2.05) is 29.2 Å². The Balaban J connectivity index is 1.66. The third kappa shape index (κ3) is 5.27. The Bertz CT molecular complexity index is 1210. The topological polar surface area (TPSA) is 74.3 Å². The van der Waals surface area contributed by atoms with Gasteiger partial charge in [-0.3, -0.25) is 4.79 Å². The summed E-state index contributed by atoms with van der Waals surface area (Å²) in [5.41, 5.74) is 3.07. The average Bonchev–Trinajstić information content (AvgIpc) is 2.90. The van der Waals surface area contributed by atoms with Crippen molar-refractivity contribution in [1.29, 1.82) is 0 Å². The molecule has 0 saturated carbocycles. The number of carbonyl (C=O) groups is 2. The second kappa shape index (κ2) is 10.8. The Labute approximate surface area is 212 Å². The molecule has 0 radical (unpaired) electrons. The molecule has 0 spiro atoms. The normalized spacial score (nSPS) is 14.6. The smallest absolute Gasteiger partial charge is 0.337 e. The zero-order valence-electron chi connectivity index (χ0n) is 19.7. The highest BCUT2D eigenvalue weighted by molar-refractivity contribution is 9.10. The van der Waals surface area contributed by atoms with Crippen LogP contribution in [0.15, 0.2) is 65.1 Å². The van der Waals surface area contributed by atoms with Crippen molar-refractivity contribution in [3.05, 3.63) is 87.4 Å². The van der Waals surface area contributed by atoms with Gasteiger partial charge in [-0.25, -0.2) is 4.79 Å². The van der Waals surface area contributed by atoms with E-state index in [1.165, 1.54) is 7.11 Å². The van der Waals surface area contributed by atoms with Crippen LogP contribution in [0.3, 0.4) is 0 Å². The Kier molecular flexibility index (Phi) is 7.60. The van der Waals surface area contributed by atoms with Crippen molar-refractivity contribution in [1.82, 2.24) is 4.90 Å². The fourth-order valence-corrected chi connectivity index (χ4v) is 4.45. The number of hydrogen-bond acceptors (Lipinski definition) is 6. The maximum absolute atomic E-state index is 13.5. The molecule has 0 aliphatic carbocycles. The highest BCUT2D eigenvalue weighted by Crippen LogP contribution is 2.39. The van der Waals surface area contributed by atoms with Crippen molar-refractivity contribution >= 4 is 27.8 Å². The molecular formula is C27H26BrNO6. The van der Waals surface area contributed by atoms with Crippen LogP contribution in [0.1, 0.15) is 37.9 Å². The third-order valence-corrected chi connectivity index (χ3v) is 6.57. The van der Waals surface area contributed by atoms with Crippen LogP contribution < -0.4 is 14.2 Å². The highest BCUT2D eigenvalue weighted by atomic mass is 79.9. The van der Waals surface area contributed by atoms with Gasteiger partial charge in [-0.05, 0) is 78.2 Å². The maximum atomic E-state index is 13.5. The molecule has 8 heteroatoms. The summed E-state index contributed by atoms with van der Waals surface area (Å²) in [6.45, 7) is 0.759. The molecule has 0 aromatic heterocycles. The van der Waals surface area contributed by atoms with E-state index in [4.69, 9.17) is 18.9 Å². The summed E-state index contributed by atoms with van der Waals surface area (Å²) in [6.07, 6.45) is 0.683. The molecular weight excluding hydrogens is 514 g/mol. The number of ether oxygens (including phenoxy) is 4. The van der Waals surface area contributed by atoms with Crippen LogP contribution in [-0.2, 0) is 11.2 Å². The summed E-state index contributed by atoms with van der Waals surface area (Å²) < 4.78 is 22.8. The molecule has 0 N–H and O–H groups in total. The lowest BCUT2D eigenvalue weighted by Crippen LogP contribution is -2.42. The molecule has 182 valence electrons. The lowest BCUT2D eigenvalue weighted by atomic mass is 9.91. The fraction of sp³-hybridized carbons (Fsp3) is 0.259. The molecule has 35 heavy (non-hydrogen) atoms. The number of fused-ring (bicyclic) bond motifs is 1. The van der Waals surface area contributed by atoms with E-state index in [2.05, 4.69) is 15.9 Å². The lowest BCUT2D eigenvalue weighted by molar-refractivity contribution is 0.0583. The van der Waals surface area contributed by atoms with E-state index < -0.39 is 5.97 Å². The fourth-order valence-electron chi connectivity index (χ4n) is 4.19. The number of esters is 1. The zero-order chi connectivity index (χ0) is 24.9. The highest BCUT2D eigenvalue weighted by Gasteiger charge is 2.33. The van der Waals surface area contributed by atoms with E-state index in [0.29, 0.717) is 41.3 Å². The molecule has 0 bridgehead atoms. The Morgan fingerprint density at radius 3 is 2.17 bits per heavy atom. The molecule has 0 saturated heterocycles. The monoisotopic (exact) mass is 539 g/mol. The minimum absolute atomic E-state index is 0.0763. The summed E-state index contributed by atoms with van der Waals surface area (Å²) >= 11 is 3.42. The first-order chi connectivity index (χ1) is 16.9. The van der Waals surface area contributed by atoms with Crippen molar-refractivity contribution in [2.24, 2.45) is 0 Å². The summed E-state index contributed by atoms with van der Waals surface area (Å²) in [7, 11) is 4.54. The van der Waals surface area contributed by atoms with Crippen LogP contribution in [0.5, 0.6) is 17.2 Å². The lowest BCUT2D eigenvalue weighted by Gasteiger charge is -2.37. The molecule has 1 atom stereocenters. The van der Waals surface area contributed by atoms with Crippen molar-refractivity contribution in [2.75, 3.05) is 34.5 Å². The number of hydrogen-bond donors (Lipinski definition) is 0. The van der Waals surface area contributed by atoms with E-state index in [-0.39, 0.29) is 18.6 Å². The van der Waals surface area contributed by atoms with Crippen LogP contribution in [0.4, 0.5) is 0 Å². The summed E-state index contributed by atoms with van der Waals surface area (Å²) in [5, 5.41) is 0. The van der Waals surface area contributed by atoms with Gasteiger partial charge in [0.25, 0.3) is 5.91 Å². The third-order valence-electron chi connectivity index (χ3n) is 6.04. The first-order valence-electron chi connectivity index (χ1n) is 11.1. The van der Waals surface area contributed by atoms with Gasteiger partial charge in [-0.2, -0.15) is 0 Å². The van der Waals surface area contributed by atoms with E-state index in [1.54, 1.807) is 50.6 Å². The molecule has 0 fully saturated rings. The number of amides is 1. The summed E-state index contributed by atoms with van der Waals surface area (Å²) in [5.74, 6) is 1.34. The van der Waals surface area contributed by atoms with Gasteiger partial charge in [0.1, 0.15) is 12.4 Å². The number of rotatable bonds is 7. The molecule has 1 heterocycles. The van der Waals surface area contributed by atoms with Crippen molar-refractivity contribution < 1.29 is 28.5 Å². The van der Waals surface area contributed by atoms with Crippen LogP contribution in [0.2, 0.25) is 0 Å². The maximum Gasteiger partial charge on any atom is 0.337 e. The second-order valence-electron chi connectivity index (χ2n) is 8.00. The molecule has 1 amide bonds. The Morgan fingerprint density at radius 2 is 1.54 bits per heavy atom. The minimum atomic E-state index is -0.412. The van der Waals surface area contributed by atoms with Crippen LogP contribution in [-0.4, -0.2) is 51.3 Å². The number of benzene rings is 3. The molecule has 4 rings (SSSR count). The van der Waals surface area contributed by atoms with E-state index in [0.717, 1.165) is 15.6 Å². The van der Waals surface area contributed by atoms with Crippen molar-refractivity contribution in [3.8, 4) is 17.2 Å². The molecule has 3 aromatic rings. The van der Waals surface area contributed by atoms with Gasteiger partial charge in [0.15, 0.2) is 11.5 Å². The molecule has 1 aliphatic heterocycles. The van der Waals surface area contributed by atoms with Crippen molar-refractivity contribution in [2.45, 2.75) is 12.5 Å². The average molecular weight is 540 g/mol. The van der Waals surface area contributed by atoms with E-state index >= 15 is 0 Å². The van der Waals surface area contributed by atoms with Gasteiger partial charge in [0, 0.05) is 16.6 Å². The standard InChI is InChI=1S/C27H26BrNO6/c1-32-24-14-19-12-13-29(26(30)17-4-8-20(28)9-5-17)23(22(19)15-25(24)33-2)16-35-21-10-6-18(7-11-21)27(31)34-3/h4-11,14-15,23H,12-13,16H2,1-3H3/t23-/m1/s1. The second-order valence-corrected chi connectivity index (χ2v) is 8.92. The van der Waals surface area contributed by atoms with Gasteiger partial charge in [0.05, 0.1) is 32.9 Å². The molecule has 1 aliphatic rings. The quantitative estimate of drug-likeness (QED) is 0.390. The van der Waals surface area contributed by atoms with Crippen LogP contribution >= 0.6 is 15.9 Å². The van der Waals surface area contributed by atoms with E-state index in [9.17, 15) is 9.59 Å². The first-order valence-corrected chi connectivity index (χ1v) is 11.9. The predicted molar refractivity (Wildman–Crippen MR) is 134 cm³/mol. The Morgan fingerprint density at radius 1 is 0.914 bits per heavy atom. The minimum Gasteiger partial charge on any atom is -0.493 e. The number of halogens is 1. The number of carbonyl (C=O) groups excluding carboxylic acids is 2. The van der Waals surface area contributed by atoms with Crippen LogP contribution in [0.25, 0.3) is 0 Å². The van der Waals surface area contributed by atoms with Gasteiger partial charge >= 0.3 is 5.97 Å². The SMILES string of the molecule is COC(=O)c1ccc(OC[C@@H]2c3cc(OC)c(OC)cc3CCN2C(=O)c2ccc(Br)cc2)cc1. The summed E-state index contributed by atoms with van der Waals surface area (Å²) in [4.78, 5) is 27.1. The van der Waals surface area contributed by atoms with Gasteiger partial charge in [0.2, 0.25) is 0 Å². The largest absolute Gasteiger partial charge is 0.493 e. The number of methoxy groups -OCH3 is 3. The summed E-state index contributed by atoms with van der Waals surface area (Å²) in [6, 6.07) is 17.6. The first kappa shape index (κ1) is 24.6. The Hall–Kier alpha value is -3.52. The zero-order valence-corrected chi connectivity index (χ0v) is 21.3. The van der Waals surface area contributed by atoms with Crippen molar-refractivity contribution in [3.63, 3.8) is 0 Å².